The average Bonchev–Trinajstić information content (AvgIpc) is 2.52. The lowest BCUT2D eigenvalue weighted by atomic mass is 10.0. The van der Waals surface area contributed by atoms with Gasteiger partial charge in [-0.3, -0.25) is 9.59 Å². The first kappa shape index (κ1) is 19.0. The standard InChI is InChI=1S/C18H28N2O3/c1-6-13(5)19-18(22)16(12(3)4)20-17(21)14-8-10-15(11-9-14)23-7-2/h8-13,16H,6-7H2,1-5H3,(H,19,22)(H,20,21). The first-order chi connectivity index (χ1) is 10.9. The fourth-order valence-corrected chi connectivity index (χ4v) is 2.06. The third kappa shape index (κ3) is 5.93. The average molecular weight is 320 g/mol. The number of carbonyl (C=O) groups is 2. The van der Waals surface area contributed by atoms with Crippen molar-refractivity contribution in [2.45, 2.75) is 53.1 Å². The summed E-state index contributed by atoms with van der Waals surface area (Å²) in [7, 11) is 0. The van der Waals surface area contributed by atoms with Crippen LogP contribution in [0.15, 0.2) is 24.3 Å². The van der Waals surface area contributed by atoms with Gasteiger partial charge in [0, 0.05) is 11.6 Å². The molecule has 0 saturated heterocycles. The van der Waals surface area contributed by atoms with Crippen LogP contribution in [0.5, 0.6) is 5.75 Å². The fraction of sp³-hybridized carbons (Fsp3) is 0.556. The topological polar surface area (TPSA) is 67.4 Å². The highest BCUT2D eigenvalue weighted by atomic mass is 16.5. The minimum Gasteiger partial charge on any atom is -0.494 e. The largest absolute Gasteiger partial charge is 0.494 e. The van der Waals surface area contributed by atoms with Gasteiger partial charge < -0.3 is 15.4 Å². The number of nitrogens with one attached hydrogen (secondary N) is 2. The molecule has 128 valence electrons. The molecule has 0 aliphatic heterocycles. The van der Waals surface area contributed by atoms with Gasteiger partial charge in [-0.1, -0.05) is 20.8 Å². The van der Waals surface area contributed by atoms with Crippen LogP contribution in [0.3, 0.4) is 0 Å². The van der Waals surface area contributed by atoms with E-state index in [-0.39, 0.29) is 23.8 Å². The van der Waals surface area contributed by atoms with Crippen LogP contribution in [0.2, 0.25) is 0 Å². The molecule has 1 aromatic rings. The molecule has 5 heteroatoms. The smallest absolute Gasteiger partial charge is 0.251 e. The second kappa shape index (κ2) is 9.18. The van der Waals surface area contributed by atoms with Gasteiger partial charge in [0.25, 0.3) is 5.91 Å². The number of ether oxygens (including phenoxy) is 1. The van der Waals surface area contributed by atoms with Crippen molar-refractivity contribution in [3.05, 3.63) is 29.8 Å². The van der Waals surface area contributed by atoms with Gasteiger partial charge in [0.15, 0.2) is 0 Å². The van der Waals surface area contributed by atoms with Crippen molar-refractivity contribution < 1.29 is 14.3 Å². The lowest BCUT2D eigenvalue weighted by molar-refractivity contribution is -0.124. The quantitative estimate of drug-likeness (QED) is 0.774. The summed E-state index contributed by atoms with van der Waals surface area (Å²) in [5, 5.41) is 5.74. The van der Waals surface area contributed by atoms with E-state index < -0.39 is 6.04 Å². The van der Waals surface area contributed by atoms with E-state index in [0.29, 0.717) is 12.2 Å². The summed E-state index contributed by atoms with van der Waals surface area (Å²) in [6.07, 6.45) is 0.851. The summed E-state index contributed by atoms with van der Waals surface area (Å²) < 4.78 is 5.36. The lowest BCUT2D eigenvalue weighted by Crippen LogP contribution is -2.51. The SMILES string of the molecule is CCOc1ccc(C(=O)NC(C(=O)NC(C)CC)C(C)C)cc1. The zero-order valence-corrected chi connectivity index (χ0v) is 14.7. The van der Waals surface area contributed by atoms with Crippen molar-refractivity contribution in [1.29, 1.82) is 0 Å². The molecule has 2 amide bonds. The van der Waals surface area contributed by atoms with Crippen LogP contribution in [-0.4, -0.2) is 30.5 Å². The number of hydrogen-bond acceptors (Lipinski definition) is 3. The van der Waals surface area contributed by atoms with E-state index in [1.54, 1.807) is 24.3 Å². The zero-order chi connectivity index (χ0) is 17.4. The van der Waals surface area contributed by atoms with Crippen molar-refractivity contribution in [1.82, 2.24) is 10.6 Å². The second-order valence-corrected chi connectivity index (χ2v) is 5.97. The molecular weight excluding hydrogens is 292 g/mol. The number of carbonyl (C=O) groups excluding carboxylic acids is 2. The van der Waals surface area contributed by atoms with Crippen LogP contribution in [0.1, 0.15) is 51.4 Å². The molecule has 5 nitrogen and oxygen atoms in total. The van der Waals surface area contributed by atoms with E-state index in [1.165, 1.54) is 0 Å². The Labute approximate surface area is 138 Å². The van der Waals surface area contributed by atoms with Gasteiger partial charge in [-0.25, -0.2) is 0 Å². The van der Waals surface area contributed by atoms with Gasteiger partial charge >= 0.3 is 0 Å². The van der Waals surface area contributed by atoms with Crippen molar-refractivity contribution in [3.63, 3.8) is 0 Å². The second-order valence-electron chi connectivity index (χ2n) is 5.97. The maximum atomic E-state index is 12.4. The Kier molecular flexibility index (Phi) is 7.59. The minimum atomic E-state index is -0.553. The molecule has 0 aliphatic rings. The fourth-order valence-electron chi connectivity index (χ4n) is 2.06. The van der Waals surface area contributed by atoms with E-state index in [2.05, 4.69) is 10.6 Å². The van der Waals surface area contributed by atoms with Crippen LogP contribution in [0.25, 0.3) is 0 Å². The van der Waals surface area contributed by atoms with Crippen LogP contribution < -0.4 is 15.4 Å². The minimum absolute atomic E-state index is 0.00528. The first-order valence-electron chi connectivity index (χ1n) is 8.23. The van der Waals surface area contributed by atoms with Gasteiger partial charge in [0.1, 0.15) is 11.8 Å². The van der Waals surface area contributed by atoms with E-state index in [0.717, 1.165) is 12.2 Å². The summed E-state index contributed by atoms with van der Waals surface area (Å²) >= 11 is 0. The Hall–Kier alpha value is -2.04. The summed E-state index contributed by atoms with van der Waals surface area (Å²) in [5.41, 5.74) is 0.510. The van der Waals surface area contributed by atoms with Crippen molar-refractivity contribution in [2.75, 3.05) is 6.61 Å². The summed E-state index contributed by atoms with van der Waals surface area (Å²) in [6, 6.07) is 6.44. The normalized spacial score (nSPS) is 13.3. The monoisotopic (exact) mass is 320 g/mol. The molecule has 0 aliphatic carbocycles. The zero-order valence-electron chi connectivity index (χ0n) is 14.7. The Morgan fingerprint density at radius 2 is 1.65 bits per heavy atom. The van der Waals surface area contributed by atoms with Crippen LogP contribution in [0.4, 0.5) is 0 Å². The number of hydrogen-bond donors (Lipinski definition) is 2. The van der Waals surface area contributed by atoms with Gasteiger partial charge in [0.2, 0.25) is 5.91 Å². The Morgan fingerprint density at radius 3 is 2.13 bits per heavy atom. The highest BCUT2D eigenvalue weighted by Gasteiger charge is 2.25. The molecule has 0 spiro atoms. The van der Waals surface area contributed by atoms with Crippen molar-refractivity contribution in [3.8, 4) is 5.75 Å². The molecule has 2 N–H and O–H groups in total. The molecule has 0 heterocycles. The molecule has 2 atom stereocenters. The third-order valence-corrected chi connectivity index (χ3v) is 3.66. The number of amides is 2. The Balaban J connectivity index is 2.75. The van der Waals surface area contributed by atoms with Gasteiger partial charge in [0.05, 0.1) is 6.61 Å². The molecule has 1 rings (SSSR count). The molecule has 2 unspecified atom stereocenters. The van der Waals surface area contributed by atoms with Crippen LogP contribution in [0, 0.1) is 5.92 Å². The molecule has 0 aromatic heterocycles. The number of benzene rings is 1. The summed E-state index contributed by atoms with van der Waals surface area (Å²) in [4.78, 5) is 24.7. The molecule has 23 heavy (non-hydrogen) atoms. The maximum Gasteiger partial charge on any atom is 0.251 e. The van der Waals surface area contributed by atoms with Gasteiger partial charge in [-0.15, -0.1) is 0 Å². The van der Waals surface area contributed by atoms with Crippen molar-refractivity contribution >= 4 is 11.8 Å². The van der Waals surface area contributed by atoms with E-state index in [1.807, 2.05) is 34.6 Å². The van der Waals surface area contributed by atoms with Crippen LogP contribution in [-0.2, 0) is 4.79 Å². The van der Waals surface area contributed by atoms with Gasteiger partial charge in [-0.05, 0) is 50.5 Å². The van der Waals surface area contributed by atoms with E-state index >= 15 is 0 Å². The predicted molar refractivity (Wildman–Crippen MR) is 91.6 cm³/mol. The van der Waals surface area contributed by atoms with E-state index in [9.17, 15) is 9.59 Å². The molecular formula is C18H28N2O3. The maximum absolute atomic E-state index is 12.4. The third-order valence-electron chi connectivity index (χ3n) is 3.66. The van der Waals surface area contributed by atoms with E-state index in [4.69, 9.17) is 4.74 Å². The highest BCUT2D eigenvalue weighted by Crippen LogP contribution is 2.13. The molecule has 0 fully saturated rings. The molecule has 0 bridgehead atoms. The number of rotatable bonds is 8. The summed E-state index contributed by atoms with van der Waals surface area (Å²) in [5.74, 6) is 0.323. The van der Waals surface area contributed by atoms with Crippen LogP contribution >= 0.6 is 0 Å². The molecule has 0 radical (unpaired) electrons. The Morgan fingerprint density at radius 1 is 1.04 bits per heavy atom. The molecule has 0 saturated carbocycles. The molecule has 1 aromatic carbocycles. The predicted octanol–water partition coefficient (Wildman–Crippen LogP) is 2.75. The van der Waals surface area contributed by atoms with Crippen molar-refractivity contribution in [2.24, 2.45) is 5.92 Å². The van der Waals surface area contributed by atoms with Gasteiger partial charge in [-0.2, -0.15) is 0 Å². The highest BCUT2D eigenvalue weighted by molar-refractivity contribution is 5.97. The lowest BCUT2D eigenvalue weighted by Gasteiger charge is -2.23. The first-order valence-corrected chi connectivity index (χ1v) is 8.23. The summed E-state index contributed by atoms with van der Waals surface area (Å²) in [6.45, 7) is 10.3. The Bertz CT molecular complexity index is 512.